The number of rotatable bonds is 3. The maximum absolute atomic E-state index is 11.2. The second-order valence-corrected chi connectivity index (χ2v) is 4.33. The van der Waals surface area contributed by atoms with E-state index in [1.807, 2.05) is 0 Å². The number of carbonyl (C=O) groups excluding carboxylic acids is 2. The van der Waals surface area contributed by atoms with Gasteiger partial charge in [0.2, 0.25) is 5.91 Å². The molecule has 0 bridgehead atoms. The van der Waals surface area contributed by atoms with E-state index in [2.05, 4.69) is 17.6 Å². The molecule has 0 radical (unpaired) electrons. The third kappa shape index (κ3) is 4.08. The van der Waals surface area contributed by atoms with Crippen molar-refractivity contribution in [3.8, 4) is 0 Å². The highest BCUT2D eigenvalue weighted by atomic mass is 35.5. The van der Waals surface area contributed by atoms with Gasteiger partial charge in [-0.25, -0.2) is 4.79 Å². The molecule has 4 nitrogen and oxygen atoms in total. The molecule has 1 rings (SSSR count). The van der Waals surface area contributed by atoms with Crippen molar-refractivity contribution >= 4 is 23.5 Å². The fraction of sp³-hybridized carbons (Fsp3) is 0.800. The number of hydrogen-bond acceptors (Lipinski definition) is 2. The Labute approximate surface area is 94.7 Å². The molecule has 3 amide bonds. The van der Waals surface area contributed by atoms with Gasteiger partial charge in [-0.05, 0) is 18.3 Å². The van der Waals surface area contributed by atoms with Gasteiger partial charge in [0.05, 0.1) is 0 Å². The van der Waals surface area contributed by atoms with Gasteiger partial charge in [-0.3, -0.25) is 10.1 Å². The van der Waals surface area contributed by atoms with Gasteiger partial charge in [0.15, 0.2) is 0 Å². The van der Waals surface area contributed by atoms with Crippen molar-refractivity contribution in [1.82, 2.24) is 10.6 Å². The van der Waals surface area contributed by atoms with Crippen molar-refractivity contribution in [2.45, 2.75) is 26.2 Å². The summed E-state index contributed by atoms with van der Waals surface area (Å²) >= 11 is 5.25. The zero-order valence-corrected chi connectivity index (χ0v) is 9.64. The van der Waals surface area contributed by atoms with Gasteiger partial charge in [-0.15, -0.1) is 11.6 Å². The maximum Gasteiger partial charge on any atom is 0.321 e. The molecule has 0 aliphatic heterocycles. The van der Waals surface area contributed by atoms with E-state index in [-0.39, 0.29) is 5.88 Å². The van der Waals surface area contributed by atoms with Gasteiger partial charge < -0.3 is 5.32 Å². The van der Waals surface area contributed by atoms with Crippen LogP contribution in [0.4, 0.5) is 4.79 Å². The van der Waals surface area contributed by atoms with E-state index in [1.54, 1.807) is 0 Å². The van der Waals surface area contributed by atoms with Crippen molar-refractivity contribution in [1.29, 1.82) is 0 Å². The van der Waals surface area contributed by atoms with E-state index in [0.29, 0.717) is 18.4 Å². The molecule has 1 aliphatic carbocycles. The second-order valence-electron chi connectivity index (χ2n) is 4.06. The van der Waals surface area contributed by atoms with Crippen LogP contribution in [0.3, 0.4) is 0 Å². The van der Waals surface area contributed by atoms with Crippen LogP contribution >= 0.6 is 11.6 Å². The summed E-state index contributed by atoms with van der Waals surface area (Å²) in [6, 6.07) is -0.445. The molecule has 0 spiro atoms. The second kappa shape index (κ2) is 5.95. The SMILES string of the molecule is CC1CCCC1CNC(=O)NC(=O)CCl. The first-order valence-electron chi connectivity index (χ1n) is 5.27. The Morgan fingerprint density at radius 1 is 1.40 bits per heavy atom. The lowest BCUT2D eigenvalue weighted by atomic mass is 9.98. The van der Waals surface area contributed by atoms with Crippen LogP contribution in [-0.4, -0.2) is 24.4 Å². The summed E-state index contributed by atoms with van der Waals surface area (Å²) in [7, 11) is 0. The molecule has 1 saturated carbocycles. The minimum atomic E-state index is -0.464. The summed E-state index contributed by atoms with van der Waals surface area (Å²) in [5.41, 5.74) is 0. The van der Waals surface area contributed by atoms with Crippen LogP contribution in [0.1, 0.15) is 26.2 Å². The Bertz CT molecular complexity index is 246. The smallest absolute Gasteiger partial charge is 0.321 e. The molecular formula is C10H17ClN2O2. The standard InChI is InChI=1S/C10H17ClN2O2/c1-7-3-2-4-8(7)6-12-10(15)13-9(14)5-11/h7-8H,2-6H2,1H3,(H2,12,13,14,15). The van der Waals surface area contributed by atoms with Gasteiger partial charge in [0.25, 0.3) is 0 Å². The summed E-state index contributed by atoms with van der Waals surface area (Å²) in [5, 5.41) is 4.84. The molecule has 86 valence electrons. The number of halogens is 1. The predicted octanol–water partition coefficient (Wildman–Crippen LogP) is 1.49. The number of alkyl halides is 1. The van der Waals surface area contributed by atoms with E-state index in [4.69, 9.17) is 11.6 Å². The Balaban J connectivity index is 2.19. The van der Waals surface area contributed by atoms with E-state index < -0.39 is 11.9 Å². The fourth-order valence-corrected chi connectivity index (χ4v) is 2.02. The lowest BCUT2D eigenvalue weighted by Crippen LogP contribution is -2.42. The number of carbonyl (C=O) groups is 2. The Morgan fingerprint density at radius 3 is 2.67 bits per heavy atom. The topological polar surface area (TPSA) is 58.2 Å². The van der Waals surface area contributed by atoms with Gasteiger partial charge in [0.1, 0.15) is 5.88 Å². The maximum atomic E-state index is 11.2. The summed E-state index contributed by atoms with van der Waals surface area (Å²) in [5.74, 6) is 0.553. The Kier molecular flexibility index (Phi) is 4.88. The van der Waals surface area contributed by atoms with Gasteiger partial charge in [-0.1, -0.05) is 19.8 Å². The first-order valence-corrected chi connectivity index (χ1v) is 5.80. The quantitative estimate of drug-likeness (QED) is 0.725. The molecule has 0 aromatic carbocycles. The van der Waals surface area contributed by atoms with E-state index in [9.17, 15) is 9.59 Å². The normalized spacial score (nSPS) is 24.9. The predicted molar refractivity (Wildman–Crippen MR) is 58.8 cm³/mol. The number of urea groups is 1. The van der Waals surface area contributed by atoms with Crippen molar-refractivity contribution < 1.29 is 9.59 Å². The molecule has 1 fully saturated rings. The highest BCUT2D eigenvalue weighted by Gasteiger charge is 2.23. The average Bonchev–Trinajstić information content (AvgIpc) is 2.61. The molecule has 2 N–H and O–H groups in total. The lowest BCUT2D eigenvalue weighted by molar-refractivity contribution is -0.117. The van der Waals surface area contributed by atoms with Crippen molar-refractivity contribution in [2.75, 3.05) is 12.4 Å². The molecule has 0 heterocycles. The number of amides is 3. The lowest BCUT2D eigenvalue weighted by Gasteiger charge is -2.15. The van der Waals surface area contributed by atoms with Crippen LogP contribution in [0.25, 0.3) is 0 Å². The highest BCUT2D eigenvalue weighted by molar-refractivity contribution is 6.28. The van der Waals surface area contributed by atoms with E-state index in [0.717, 1.165) is 6.42 Å². The molecule has 5 heteroatoms. The molecule has 2 atom stereocenters. The molecule has 0 aromatic heterocycles. The van der Waals surface area contributed by atoms with E-state index >= 15 is 0 Å². The average molecular weight is 233 g/mol. The summed E-state index contributed by atoms with van der Waals surface area (Å²) < 4.78 is 0. The van der Waals surface area contributed by atoms with Crippen LogP contribution in [-0.2, 0) is 4.79 Å². The van der Waals surface area contributed by atoms with Crippen LogP contribution in [0.15, 0.2) is 0 Å². The molecule has 15 heavy (non-hydrogen) atoms. The summed E-state index contributed by atoms with van der Waals surface area (Å²) in [4.78, 5) is 22.0. The van der Waals surface area contributed by atoms with Gasteiger partial charge in [0, 0.05) is 6.54 Å². The fourth-order valence-electron chi connectivity index (χ4n) is 1.95. The zero-order chi connectivity index (χ0) is 11.3. The third-order valence-corrected chi connectivity index (χ3v) is 3.18. The number of hydrogen-bond donors (Lipinski definition) is 2. The van der Waals surface area contributed by atoms with Crippen molar-refractivity contribution in [3.05, 3.63) is 0 Å². The van der Waals surface area contributed by atoms with Crippen LogP contribution in [0.2, 0.25) is 0 Å². The monoisotopic (exact) mass is 232 g/mol. The van der Waals surface area contributed by atoms with Crippen LogP contribution < -0.4 is 10.6 Å². The third-order valence-electron chi connectivity index (χ3n) is 2.94. The van der Waals surface area contributed by atoms with Gasteiger partial charge in [-0.2, -0.15) is 0 Å². The highest BCUT2D eigenvalue weighted by Crippen LogP contribution is 2.30. The van der Waals surface area contributed by atoms with Crippen LogP contribution in [0.5, 0.6) is 0 Å². The Hall–Kier alpha value is -0.770. The van der Waals surface area contributed by atoms with E-state index in [1.165, 1.54) is 12.8 Å². The minimum Gasteiger partial charge on any atom is -0.338 e. The molecule has 2 unspecified atom stereocenters. The first-order chi connectivity index (χ1) is 7.13. The molecule has 1 aliphatic rings. The minimum absolute atomic E-state index is 0.187. The summed E-state index contributed by atoms with van der Waals surface area (Å²) in [6.07, 6.45) is 3.62. The number of nitrogens with one attached hydrogen (secondary N) is 2. The number of imide groups is 1. The largest absolute Gasteiger partial charge is 0.338 e. The zero-order valence-electron chi connectivity index (χ0n) is 8.88. The van der Waals surface area contributed by atoms with Gasteiger partial charge >= 0.3 is 6.03 Å². The first kappa shape index (κ1) is 12.3. The van der Waals surface area contributed by atoms with Crippen molar-refractivity contribution in [3.63, 3.8) is 0 Å². The molecular weight excluding hydrogens is 216 g/mol. The van der Waals surface area contributed by atoms with Crippen molar-refractivity contribution in [2.24, 2.45) is 11.8 Å². The molecule has 0 saturated heterocycles. The van der Waals surface area contributed by atoms with Crippen LogP contribution in [0, 0.1) is 11.8 Å². The molecule has 0 aromatic rings. The Morgan fingerprint density at radius 2 is 2.13 bits per heavy atom. The summed E-state index contributed by atoms with van der Waals surface area (Å²) in [6.45, 7) is 2.84.